The Hall–Kier alpha value is -0.730. The molecule has 1 N–H and O–H groups in total. The quantitative estimate of drug-likeness (QED) is 0.793. The van der Waals surface area contributed by atoms with Crippen molar-refractivity contribution in [1.82, 2.24) is 5.32 Å². The summed E-state index contributed by atoms with van der Waals surface area (Å²) in [7, 11) is 0. The molecule has 0 spiro atoms. The smallest absolute Gasteiger partial charge is 0.407 e. The van der Waals surface area contributed by atoms with E-state index in [-0.39, 0.29) is 23.0 Å². The summed E-state index contributed by atoms with van der Waals surface area (Å²) in [5.74, 6) is 0. The molecular formula is C14H29NO2. The van der Waals surface area contributed by atoms with E-state index >= 15 is 0 Å². The highest BCUT2D eigenvalue weighted by atomic mass is 16.5. The minimum Gasteiger partial charge on any atom is -0.449 e. The van der Waals surface area contributed by atoms with Gasteiger partial charge in [0.15, 0.2) is 0 Å². The molecule has 102 valence electrons. The van der Waals surface area contributed by atoms with Gasteiger partial charge in [-0.15, -0.1) is 0 Å². The summed E-state index contributed by atoms with van der Waals surface area (Å²) in [6.45, 7) is 15.1. The third-order valence-corrected chi connectivity index (χ3v) is 3.15. The Morgan fingerprint density at radius 3 is 2.18 bits per heavy atom. The van der Waals surface area contributed by atoms with Gasteiger partial charge >= 0.3 is 6.09 Å². The van der Waals surface area contributed by atoms with E-state index in [0.717, 1.165) is 12.8 Å². The Balaban J connectivity index is 4.04. The van der Waals surface area contributed by atoms with Gasteiger partial charge in [0.1, 0.15) is 0 Å². The first-order valence-electron chi connectivity index (χ1n) is 6.52. The molecule has 0 aliphatic carbocycles. The Labute approximate surface area is 106 Å². The lowest BCUT2D eigenvalue weighted by Gasteiger charge is -2.29. The first kappa shape index (κ1) is 16.3. The second-order valence-electron chi connectivity index (χ2n) is 6.72. The van der Waals surface area contributed by atoms with Crippen LogP contribution in [0.15, 0.2) is 0 Å². The summed E-state index contributed by atoms with van der Waals surface area (Å²) in [5, 5.41) is 2.87. The molecule has 3 heteroatoms. The highest BCUT2D eigenvalue weighted by Gasteiger charge is 2.24. The minimum absolute atomic E-state index is 0.0535. The molecular weight excluding hydrogens is 214 g/mol. The number of alkyl carbamates (subject to hydrolysis) is 1. The molecule has 0 saturated heterocycles. The normalized spacial score (nSPS) is 14.3. The maximum Gasteiger partial charge on any atom is 0.407 e. The van der Waals surface area contributed by atoms with Gasteiger partial charge in [0.25, 0.3) is 0 Å². The number of amides is 1. The van der Waals surface area contributed by atoms with Crippen LogP contribution in [0.2, 0.25) is 0 Å². The van der Waals surface area contributed by atoms with Crippen molar-refractivity contribution in [3.05, 3.63) is 0 Å². The van der Waals surface area contributed by atoms with Gasteiger partial charge in [-0.3, -0.25) is 0 Å². The third-order valence-electron chi connectivity index (χ3n) is 3.15. The first-order chi connectivity index (χ1) is 7.58. The average Bonchev–Trinajstić information content (AvgIpc) is 2.13. The van der Waals surface area contributed by atoms with Gasteiger partial charge < -0.3 is 10.1 Å². The molecule has 0 radical (unpaired) electrons. The van der Waals surface area contributed by atoms with Crippen LogP contribution in [0.1, 0.15) is 61.3 Å². The molecule has 0 aromatic carbocycles. The molecule has 0 rings (SSSR count). The molecule has 1 unspecified atom stereocenters. The van der Waals surface area contributed by atoms with Crippen molar-refractivity contribution in [3.63, 3.8) is 0 Å². The molecule has 0 aromatic rings. The Morgan fingerprint density at radius 2 is 1.76 bits per heavy atom. The average molecular weight is 243 g/mol. The van der Waals surface area contributed by atoms with Gasteiger partial charge in [-0.05, 0) is 24.2 Å². The van der Waals surface area contributed by atoms with Crippen molar-refractivity contribution in [2.45, 2.75) is 67.3 Å². The van der Waals surface area contributed by atoms with Crippen molar-refractivity contribution < 1.29 is 9.53 Å². The Kier molecular flexibility index (Phi) is 6.00. The summed E-state index contributed by atoms with van der Waals surface area (Å²) in [6, 6.07) is 0.101. The fraction of sp³-hybridized carbons (Fsp3) is 0.929. The van der Waals surface area contributed by atoms with Crippen LogP contribution in [0, 0.1) is 10.8 Å². The van der Waals surface area contributed by atoms with Crippen molar-refractivity contribution >= 4 is 6.09 Å². The van der Waals surface area contributed by atoms with Crippen LogP contribution in [0.4, 0.5) is 4.79 Å². The molecule has 17 heavy (non-hydrogen) atoms. The fourth-order valence-corrected chi connectivity index (χ4v) is 1.44. The SMILES string of the molecule is CCCC(C)(C)COC(=O)NC(C)C(C)(C)C. The summed E-state index contributed by atoms with van der Waals surface area (Å²) >= 11 is 0. The van der Waals surface area contributed by atoms with E-state index in [1.807, 2.05) is 6.92 Å². The molecule has 0 aromatic heterocycles. The molecule has 1 amide bonds. The van der Waals surface area contributed by atoms with Crippen LogP contribution in [0.3, 0.4) is 0 Å². The third kappa shape index (κ3) is 7.24. The number of nitrogens with one attached hydrogen (secondary N) is 1. The number of carbonyl (C=O) groups is 1. The van der Waals surface area contributed by atoms with Gasteiger partial charge in [-0.25, -0.2) is 4.79 Å². The second kappa shape index (κ2) is 6.27. The van der Waals surface area contributed by atoms with E-state index in [1.165, 1.54) is 0 Å². The standard InChI is InChI=1S/C14H29NO2/c1-8-9-14(6,7)10-17-12(16)15-11(2)13(3,4)5/h11H,8-10H2,1-7H3,(H,15,16). The zero-order chi connectivity index (χ0) is 13.7. The van der Waals surface area contributed by atoms with Crippen molar-refractivity contribution in [2.24, 2.45) is 10.8 Å². The van der Waals surface area contributed by atoms with Gasteiger partial charge in [0.2, 0.25) is 0 Å². The summed E-state index contributed by atoms with van der Waals surface area (Å²) < 4.78 is 5.28. The molecule has 3 nitrogen and oxygen atoms in total. The molecule has 0 bridgehead atoms. The van der Waals surface area contributed by atoms with Gasteiger partial charge in [0, 0.05) is 6.04 Å². The molecule has 0 heterocycles. The summed E-state index contributed by atoms with van der Waals surface area (Å²) in [6.07, 6.45) is 1.86. The minimum atomic E-state index is -0.309. The fourth-order valence-electron chi connectivity index (χ4n) is 1.44. The number of hydrogen-bond acceptors (Lipinski definition) is 2. The van der Waals surface area contributed by atoms with E-state index in [1.54, 1.807) is 0 Å². The number of ether oxygens (including phenoxy) is 1. The van der Waals surface area contributed by atoms with Crippen molar-refractivity contribution in [2.75, 3.05) is 6.61 Å². The van der Waals surface area contributed by atoms with E-state index in [2.05, 4.69) is 46.9 Å². The monoisotopic (exact) mass is 243 g/mol. The Bertz CT molecular complexity index is 241. The van der Waals surface area contributed by atoms with E-state index in [9.17, 15) is 4.79 Å². The van der Waals surface area contributed by atoms with Crippen molar-refractivity contribution in [1.29, 1.82) is 0 Å². The number of hydrogen-bond donors (Lipinski definition) is 1. The number of carbonyl (C=O) groups excluding carboxylic acids is 1. The molecule has 0 fully saturated rings. The molecule has 1 atom stereocenters. The second-order valence-corrected chi connectivity index (χ2v) is 6.72. The van der Waals surface area contributed by atoms with Crippen LogP contribution in [0.5, 0.6) is 0 Å². The maximum absolute atomic E-state index is 11.6. The molecule has 0 saturated carbocycles. The molecule has 0 aliphatic heterocycles. The van der Waals surface area contributed by atoms with Gasteiger partial charge in [-0.1, -0.05) is 48.0 Å². The lowest BCUT2D eigenvalue weighted by Crippen LogP contribution is -2.42. The van der Waals surface area contributed by atoms with Crippen LogP contribution >= 0.6 is 0 Å². The largest absolute Gasteiger partial charge is 0.449 e. The van der Waals surface area contributed by atoms with Crippen molar-refractivity contribution in [3.8, 4) is 0 Å². The topological polar surface area (TPSA) is 38.3 Å². The van der Waals surface area contributed by atoms with Crippen LogP contribution in [0.25, 0.3) is 0 Å². The lowest BCUT2D eigenvalue weighted by atomic mass is 9.88. The lowest BCUT2D eigenvalue weighted by molar-refractivity contribution is 0.0874. The Morgan fingerprint density at radius 1 is 1.24 bits per heavy atom. The highest BCUT2D eigenvalue weighted by molar-refractivity contribution is 5.67. The van der Waals surface area contributed by atoms with Crippen LogP contribution in [-0.2, 0) is 4.74 Å². The zero-order valence-corrected chi connectivity index (χ0v) is 12.5. The molecule has 0 aliphatic rings. The predicted octanol–water partition coefficient (Wildman–Crippen LogP) is 3.97. The van der Waals surface area contributed by atoms with E-state index < -0.39 is 0 Å². The summed E-state index contributed by atoms with van der Waals surface area (Å²) in [4.78, 5) is 11.6. The maximum atomic E-state index is 11.6. The van der Waals surface area contributed by atoms with Gasteiger partial charge in [0.05, 0.1) is 6.61 Å². The highest BCUT2D eigenvalue weighted by Crippen LogP contribution is 2.23. The van der Waals surface area contributed by atoms with E-state index in [0.29, 0.717) is 6.61 Å². The van der Waals surface area contributed by atoms with Gasteiger partial charge in [-0.2, -0.15) is 0 Å². The van der Waals surface area contributed by atoms with Crippen LogP contribution < -0.4 is 5.32 Å². The summed E-state index contributed by atoms with van der Waals surface area (Å²) in [5.41, 5.74) is 0.120. The number of rotatable bonds is 5. The van der Waals surface area contributed by atoms with E-state index in [4.69, 9.17) is 4.74 Å². The zero-order valence-electron chi connectivity index (χ0n) is 12.5. The predicted molar refractivity (Wildman–Crippen MR) is 72.1 cm³/mol. The van der Waals surface area contributed by atoms with Crippen LogP contribution in [-0.4, -0.2) is 18.7 Å². The first-order valence-corrected chi connectivity index (χ1v) is 6.52.